The molecule has 3 aliphatic carbocycles. The molecule has 3 unspecified atom stereocenters. The van der Waals surface area contributed by atoms with Gasteiger partial charge >= 0.3 is 0 Å². The van der Waals surface area contributed by atoms with Crippen molar-refractivity contribution >= 4 is 5.78 Å². The van der Waals surface area contributed by atoms with Crippen LogP contribution in [0.3, 0.4) is 0 Å². The van der Waals surface area contributed by atoms with Gasteiger partial charge in [-0.2, -0.15) is 0 Å². The van der Waals surface area contributed by atoms with Crippen molar-refractivity contribution < 1.29 is 4.79 Å². The Labute approximate surface area is 86.3 Å². The Morgan fingerprint density at radius 2 is 2.00 bits per heavy atom. The number of hydrogen-bond donors (Lipinski definition) is 0. The van der Waals surface area contributed by atoms with Crippen molar-refractivity contribution in [2.24, 2.45) is 22.7 Å². The number of ketones is 1. The molecule has 14 heavy (non-hydrogen) atoms. The van der Waals surface area contributed by atoms with Crippen molar-refractivity contribution in [3.8, 4) is 0 Å². The highest BCUT2D eigenvalue weighted by Gasteiger charge is 2.64. The lowest BCUT2D eigenvalue weighted by molar-refractivity contribution is -0.132. The smallest absolute Gasteiger partial charge is 0.139 e. The van der Waals surface area contributed by atoms with Crippen molar-refractivity contribution in [3.63, 3.8) is 0 Å². The Kier molecular flexibility index (Phi) is 1.55. The molecule has 0 amide bonds. The minimum absolute atomic E-state index is 0.424. The predicted octanol–water partition coefficient (Wildman–Crippen LogP) is 3.18. The first-order valence-corrected chi connectivity index (χ1v) is 6.11. The summed E-state index contributed by atoms with van der Waals surface area (Å²) in [6.45, 7) is 4.81. The fraction of sp³-hybridized carbons (Fsp3) is 0.923. The Morgan fingerprint density at radius 3 is 2.71 bits per heavy atom. The van der Waals surface area contributed by atoms with Crippen LogP contribution in [0.2, 0.25) is 0 Å². The van der Waals surface area contributed by atoms with Gasteiger partial charge in [0.05, 0.1) is 0 Å². The van der Waals surface area contributed by atoms with E-state index >= 15 is 0 Å². The maximum absolute atomic E-state index is 12.1. The lowest BCUT2D eigenvalue weighted by atomic mass is 9.53. The number of Topliss-reactive ketones (excluding diaryl/α,β-unsaturated/α-hetero) is 1. The Balaban J connectivity index is 2.07. The molecule has 3 fully saturated rings. The summed E-state index contributed by atoms with van der Waals surface area (Å²) >= 11 is 0. The van der Waals surface area contributed by atoms with Crippen LogP contribution in [-0.2, 0) is 4.79 Å². The zero-order chi connectivity index (χ0) is 9.97. The third kappa shape index (κ3) is 0.803. The van der Waals surface area contributed by atoms with E-state index in [0.717, 1.165) is 0 Å². The van der Waals surface area contributed by atoms with Gasteiger partial charge in [-0.05, 0) is 42.9 Å². The summed E-state index contributed by atoms with van der Waals surface area (Å²) in [5.74, 6) is 1.53. The minimum Gasteiger partial charge on any atom is -0.299 e. The van der Waals surface area contributed by atoms with Crippen LogP contribution < -0.4 is 0 Å². The predicted molar refractivity (Wildman–Crippen MR) is 55.9 cm³/mol. The van der Waals surface area contributed by atoms with Gasteiger partial charge in [0, 0.05) is 11.8 Å². The summed E-state index contributed by atoms with van der Waals surface area (Å²) in [7, 11) is 0. The summed E-state index contributed by atoms with van der Waals surface area (Å²) in [5.41, 5.74) is 0.851. The Bertz CT molecular complexity index is 292. The average molecular weight is 192 g/mol. The van der Waals surface area contributed by atoms with Gasteiger partial charge < -0.3 is 0 Å². The fourth-order valence-electron chi connectivity index (χ4n) is 4.69. The lowest BCUT2D eigenvalue weighted by Crippen LogP contribution is -2.45. The molecule has 1 nitrogen and oxygen atoms in total. The molecule has 1 spiro atoms. The van der Waals surface area contributed by atoms with Gasteiger partial charge in [-0.3, -0.25) is 4.79 Å². The van der Waals surface area contributed by atoms with E-state index in [1.807, 2.05) is 0 Å². The summed E-state index contributed by atoms with van der Waals surface area (Å²) in [4.78, 5) is 12.1. The van der Waals surface area contributed by atoms with Crippen LogP contribution in [0.1, 0.15) is 52.4 Å². The molecule has 0 aliphatic heterocycles. The second-order valence-electron chi connectivity index (χ2n) is 6.33. The maximum Gasteiger partial charge on any atom is 0.139 e. The van der Waals surface area contributed by atoms with E-state index in [2.05, 4.69) is 13.8 Å². The number of rotatable bonds is 0. The van der Waals surface area contributed by atoms with Crippen molar-refractivity contribution in [1.29, 1.82) is 0 Å². The fourth-order valence-corrected chi connectivity index (χ4v) is 4.69. The molecule has 78 valence electrons. The van der Waals surface area contributed by atoms with E-state index in [1.54, 1.807) is 0 Å². The Hall–Kier alpha value is -0.330. The third-order valence-corrected chi connectivity index (χ3v) is 5.60. The van der Waals surface area contributed by atoms with E-state index < -0.39 is 0 Å². The summed E-state index contributed by atoms with van der Waals surface area (Å²) in [6.07, 6.45) is 7.56. The van der Waals surface area contributed by atoms with Gasteiger partial charge in [-0.1, -0.05) is 20.3 Å². The zero-order valence-electron chi connectivity index (χ0n) is 9.31. The molecule has 0 saturated heterocycles. The summed E-state index contributed by atoms with van der Waals surface area (Å²) < 4.78 is 0. The van der Waals surface area contributed by atoms with Gasteiger partial charge in [0.2, 0.25) is 0 Å². The summed E-state index contributed by atoms with van der Waals surface area (Å²) in [5, 5.41) is 0. The molecular formula is C13H20O. The molecule has 3 rings (SSSR count). The van der Waals surface area contributed by atoms with E-state index in [1.165, 1.54) is 38.5 Å². The highest BCUT2D eigenvalue weighted by atomic mass is 16.1. The average Bonchev–Trinajstić information content (AvgIpc) is 2.64. The van der Waals surface area contributed by atoms with Crippen molar-refractivity contribution in [3.05, 3.63) is 0 Å². The second kappa shape index (κ2) is 2.43. The van der Waals surface area contributed by atoms with E-state index in [0.29, 0.717) is 28.4 Å². The molecular weight excluding hydrogens is 172 g/mol. The van der Waals surface area contributed by atoms with Crippen LogP contribution >= 0.6 is 0 Å². The van der Waals surface area contributed by atoms with Gasteiger partial charge in [-0.15, -0.1) is 0 Å². The number of carbonyl (C=O) groups excluding carboxylic acids is 1. The van der Waals surface area contributed by atoms with Crippen LogP contribution in [0.4, 0.5) is 0 Å². The SMILES string of the molecule is CC1(C)CCCC2C(=O)C3CCC21C3. The molecule has 3 saturated carbocycles. The minimum atomic E-state index is 0.424. The Morgan fingerprint density at radius 1 is 1.21 bits per heavy atom. The number of carbonyl (C=O) groups is 1. The topological polar surface area (TPSA) is 17.1 Å². The highest BCUT2D eigenvalue weighted by Crippen LogP contribution is 2.68. The third-order valence-electron chi connectivity index (χ3n) is 5.60. The molecule has 0 aromatic rings. The molecule has 1 heteroatoms. The van der Waals surface area contributed by atoms with Crippen LogP contribution in [0.5, 0.6) is 0 Å². The van der Waals surface area contributed by atoms with Crippen molar-refractivity contribution in [1.82, 2.24) is 0 Å². The molecule has 0 N–H and O–H groups in total. The molecule has 0 aromatic carbocycles. The second-order valence-corrected chi connectivity index (χ2v) is 6.33. The van der Waals surface area contributed by atoms with Gasteiger partial charge in [0.25, 0.3) is 0 Å². The molecule has 0 heterocycles. The van der Waals surface area contributed by atoms with Crippen molar-refractivity contribution in [2.75, 3.05) is 0 Å². The highest BCUT2D eigenvalue weighted by molar-refractivity contribution is 5.88. The maximum atomic E-state index is 12.1. The van der Waals surface area contributed by atoms with E-state index in [9.17, 15) is 4.79 Å². The van der Waals surface area contributed by atoms with Crippen LogP contribution in [0, 0.1) is 22.7 Å². The molecule has 3 atom stereocenters. The number of hydrogen-bond acceptors (Lipinski definition) is 1. The summed E-state index contributed by atoms with van der Waals surface area (Å²) in [6, 6.07) is 0. The van der Waals surface area contributed by atoms with Gasteiger partial charge in [0.1, 0.15) is 5.78 Å². The lowest BCUT2D eigenvalue weighted by Gasteiger charge is -2.51. The monoisotopic (exact) mass is 192 g/mol. The quantitative estimate of drug-likeness (QED) is 0.576. The van der Waals surface area contributed by atoms with Crippen molar-refractivity contribution in [2.45, 2.75) is 52.4 Å². The van der Waals surface area contributed by atoms with Gasteiger partial charge in [-0.25, -0.2) is 0 Å². The first kappa shape index (κ1) is 8.94. The zero-order valence-corrected chi connectivity index (χ0v) is 9.31. The molecule has 3 aliphatic rings. The number of fused-ring (bicyclic) bond motifs is 1. The molecule has 2 bridgehead atoms. The van der Waals surface area contributed by atoms with E-state index in [4.69, 9.17) is 0 Å². The van der Waals surface area contributed by atoms with Crippen LogP contribution in [0.25, 0.3) is 0 Å². The van der Waals surface area contributed by atoms with Crippen LogP contribution in [-0.4, -0.2) is 5.78 Å². The normalized spacial score (nSPS) is 49.4. The van der Waals surface area contributed by atoms with Gasteiger partial charge in [0.15, 0.2) is 0 Å². The van der Waals surface area contributed by atoms with Crippen LogP contribution in [0.15, 0.2) is 0 Å². The first-order valence-electron chi connectivity index (χ1n) is 6.11. The largest absolute Gasteiger partial charge is 0.299 e. The molecule has 0 aromatic heterocycles. The first-order chi connectivity index (χ1) is 6.57. The molecule has 0 radical (unpaired) electrons. The van der Waals surface area contributed by atoms with E-state index in [-0.39, 0.29) is 0 Å². The standard InChI is InChI=1S/C13H20O/c1-12(2)6-3-4-10-11(14)9-5-7-13(10,12)8-9/h9-10H,3-8H2,1-2H3.